The maximum atomic E-state index is 12.1. The van der Waals surface area contributed by atoms with Crippen LogP contribution in [0.5, 0.6) is 0 Å². The Bertz CT molecular complexity index is 772. The molecule has 0 saturated heterocycles. The van der Waals surface area contributed by atoms with Crippen LogP contribution in [0.4, 0.5) is 0 Å². The van der Waals surface area contributed by atoms with Gasteiger partial charge in [0.05, 0.1) is 14.1 Å². The van der Waals surface area contributed by atoms with E-state index in [1.807, 2.05) is 0 Å². The molecule has 0 aromatic rings. The van der Waals surface area contributed by atoms with Gasteiger partial charge < -0.3 is 54.0 Å². The van der Waals surface area contributed by atoms with Crippen molar-refractivity contribution in [2.24, 2.45) is 0 Å². The van der Waals surface area contributed by atoms with Gasteiger partial charge in [-0.05, 0) is 0 Å². The van der Waals surface area contributed by atoms with E-state index in [4.69, 9.17) is 9.79 Å². The topological polar surface area (TPSA) is 308 Å². The molecule has 0 aliphatic rings. The fraction of sp³-hybridized carbons (Fsp3) is 1.00. The number of nitrogens with zero attached hydrogens (tertiary/aromatic N) is 1. The highest BCUT2D eigenvalue weighted by molar-refractivity contribution is 7.80. The van der Waals surface area contributed by atoms with E-state index in [0.29, 0.717) is 0 Å². The first-order valence-corrected chi connectivity index (χ1v) is 14.3. The summed E-state index contributed by atoms with van der Waals surface area (Å²) in [5, 5.41) is -0.327. The molecular weight excluding hydrogens is 485 g/mol. The molecular formula is C5H19NO16P5+. The average Bonchev–Trinajstić information content (AvgIpc) is 2.16. The van der Waals surface area contributed by atoms with E-state index >= 15 is 0 Å². The van der Waals surface area contributed by atoms with Gasteiger partial charge in [-0.25, -0.2) is 0 Å². The summed E-state index contributed by atoms with van der Waals surface area (Å²) >= 11 is 0. The molecule has 0 aromatic carbocycles. The van der Waals surface area contributed by atoms with Crippen LogP contribution in [0.3, 0.4) is 0 Å². The number of quaternary nitrogens is 1. The van der Waals surface area contributed by atoms with Crippen molar-refractivity contribution in [3.63, 3.8) is 0 Å². The van der Waals surface area contributed by atoms with Crippen molar-refractivity contribution in [1.29, 1.82) is 0 Å². The summed E-state index contributed by atoms with van der Waals surface area (Å²) in [6, 6.07) is 0. The Kier molecular flexibility index (Phi) is 7.30. The summed E-state index contributed by atoms with van der Waals surface area (Å²) in [4.78, 5) is 93.4. The molecule has 0 heterocycles. The summed E-state index contributed by atoms with van der Waals surface area (Å²) in [6.45, 7) is 0. The molecule has 0 radical (unpaired) electrons. The van der Waals surface area contributed by atoms with Crippen LogP contribution >= 0.6 is 38.0 Å². The molecule has 0 amide bonds. The van der Waals surface area contributed by atoms with E-state index in [1.165, 1.54) is 0 Å². The van der Waals surface area contributed by atoms with Gasteiger partial charge in [0, 0.05) is 0 Å². The van der Waals surface area contributed by atoms with E-state index in [9.17, 15) is 67.1 Å². The summed E-state index contributed by atoms with van der Waals surface area (Å²) in [5.74, 6) is 0. The predicted molar refractivity (Wildman–Crippen MR) is 84.9 cm³/mol. The third-order valence-corrected chi connectivity index (χ3v) is 14.0. The van der Waals surface area contributed by atoms with Crippen LogP contribution in [0.2, 0.25) is 0 Å². The number of hydrogen-bond donors (Lipinski definition) is 11. The van der Waals surface area contributed by atoms with E-state index in [0.717, 1.165) is 0 Å². The van der Waals surface area contributed by atoms with Crippen LogP contribution < -0.4 is 0 Å². The summed E-state index contributed by atoms with van der Waals surface area (Å²) in [6.07, 6.45) is -2.01. The molecule has 164 valence electrons. The molecule has 27 heavy (non-hydrogen) atoms. The van der Waals surface area contributed by atoms with E-state index in [1.54, 1.807) is 0 Å². The van der Waals surface area contributed by atoms with Crippen molar-refractivity contribution >= 4 is 38.0 Å². The molecule has 17 nitrogen and oxygen atoms in total. The molecule has 0 unspecified atom stereocenters. The standard InChI is InChI=1S/C5H18NO16P5/c1-6(2,3-23(8,9)10)4(24(11,12)13,25(14,15)16)5(7,26(17,18)19)27(20,21)22/h7H,3H2,1-2H3,(H9-,8,9,10,11,12,13,14,15,16,17,18,19,20,21,22)/p+1. The number of hydrogen-bond acceptors (Lipinski definition) is 6. The molecule has 0 aliphatic carbocycles. The molecule has 0 spiro atoms. The minimum absolute atomic E-state index is 0.188. The largest absolute Gasteiger partial charge is 0.403 e. The normalized spacial score (nSPS) is 16.5. The van der Waals surface area contributed by atoms with Crippen LogP contribution in [0.1, 0.15) is 0 Å². The third-order valence-electron chi connectivity index (χ3n) is 3.46. The molecule has 0 fully saturated rings. The first-order chi connectivity index (χ1) is 11.2. The Morgan fingerprint density at radius 1 is 0.630 bits per heavy atom. The van der Waals surface area contributed by atoms with Crippen LogP contribution in [0.25, 0.3) is 0 Å². The number of rotatable bonds is 8. The van der Waals surface area contributed by atoms with Gasteiger partial charge in [0.1, 0.15) is 0 Å². The van der Waals surface area contributed by atoms with Gasteiger partial charge in [-0.3, -0.25) is 27.3 Å². The molecule has 0 bridgehead atoms. The van der Waals surface area contributed by atoms with Crippen LogP contribution in [0.15, 0.2) is 0 Å². The maximum absolute atomic E-state index is 12.1. The Labute approximate surface area is 150 Å². The smallest absolute Gasteiger partial charge is 0.362 e. The minimum atomic E-state index is -6.95. The molecule has 0 aromatic heterocycles. The third kappa shape index (κ3) is 4.41. The van der Waals surface area contributed by atoms with E-state index < -0.39 is 58.9 Å². The summed E-state index contributed by atoms with van der Waals surface area (Å²) < 4.78 is 56.3. The van der Waals surface area contributed by atoms with Crippen molar-refractivity contribution in [3.8, 4) is 0 Å². The summed E-state index contributed by atoms with van der Waals surface area (Å²) in [7, 11) is -32.9. The molecule has 0 rings (SSSR count). The Hall–Kier alpha value is 0.670. The van der Waals surface area contributed by atoms with Gasteiger partial charge >= 0.3 is 48.1 Å². The lowest BCUT2D eigenvalue weighted by Gasteiger charge is -2.53. The quantitative estimate of drug-likeness (QED) is 0.118. The van der Waals surface area contributed by atoms with Gasteiger partial charge in [-0.15, -0.1) is 0 Å². The fourth-order valence-corrected chi connectivity index (χ4v) is 13.6. The van der Waals surface area contributed by atoms with Crippen LogP contribution in [-0.2, 0) is 22.8 Å². The second-order valence-corrected chi connectivity index (χ2v) is 15.2. The van der Waals surface area contributed by atoms with Gasteiger partial charge in [0.2, 0.25) is 0 Å². The highest BCUT2D eigenvalue weighted by Crippen LogP contribution is 2.88. The number of likely N-dealkylation sites (N-methyl/N-ethyl adjacent to an activating group) is 1. The summed E-state index contributed by atoms with van der Waals surface area (Å²) in [5.41, 5.74) is 0. The number of aliphatic hydroxyl groups is 1. The zero-order valence-corrected chi connectivity index (χ0v) is 17.8. The van der Waals surface area contributed by atoms with E-state index in [2.05, 4.69) is 0 Å². The lowest BCUT2D eigenvalue weighted by atomic mass is 10.5. The molecule has 11 N–H and O–H groups in total. The van der Waals surface area contributed by atoms with Gasteiger partial charge in [-0.2, -0.15) is 0 Å². The lowest BCUT2D eigenvalue weighted by Crippen LogP contribution is -2.70. The Balaban J connectivity index is 8.01. The SMILES string of the molecule is C[N+](C)(CP(=O)(O)O)C(C(O)(P(=O)(O)O)P(=O)(O)O)(P(=O)(O)O)P(=O)(O)O. The first kappa shape index (κ1) is 27.7. The van der Waals surface area contributed by atoms with Gasteiger partial charge in [-0.1, -0.05) is 0 Å². The first-order valence-electron chi connectivity index (χ1n) is 6.03. The van der Waals surface area contributed by atoms with Crippen molar-refractivity contribution in [2.45, 2.75) is 10.1 Å². The van der Waals surface area contributed by atoms with Crippen molar-refractivity contribution < 1.29 is 81.3 Å². The zero-order chi connectivity index (χ0) is 22.7. The maximum Gasteiger partial charge on any atom is 0.403 e. The molecule has 22 heteroatoms. The van der Waals surface area contributed by atoms with Gasteiger partial charge in [0.15, 0.2) is 6.29 Å². The van der Waals surface area contributed by atoms with Crippen molar-refractivity contribution in [3.05, 3.63) is 0 Å². The zero-order valence-electron chi connectivity index (χ0n) is 13.4. The van der Waals surface area contributed by atoms with E-state index in [-0.39, 0.29) is 14.1 Å². The highest BCUT2D eigenvalue weighted by atomic mass is 31.3. The van der Waals surface area contributed by atoms with Crippen LogP contribution in [-0.4, -0.2) is 89.0 Å². The molecule has 0 atom stereocenters. The predicted octanol–water partition coefficient (Wildman–Crippen LogP) is -2.79. The average molecular weight is 504 g/mol. The van der Waals surface area contributed by atoms with Crippen LogP contribution in [0, 0.1) is 0 Å². The lowest BCUT2D eigenvalue weighted by molar-refractivity contribution is -0.908. The highest BCUT2D eigenvalue weighted by Gasteiger charge is 2.92. The minimum Gasteiger partial charge on any atom is -0.362 e. The van der Waals surface area contributed by atoms with Crippen molar-refractivity contribution in [2.75, 3.05) is 20.4 Å². The second-order valence-electron chi connectivity index (χ2n) is 5.94. The van der Waals surface area contributed by atoms with Crippen molar-refractivity contribution in [1.82, 2.24) is 0 Å². The molecule has 0 saturated carbocycles. The van der Waals surface area contributed by atoms with Gasteiger partial charge in [0.25, 0.3) is 0 Å². The molecule has 0 aliphatic heterocycles. The second kappa shape index (κ2) is 7.12. The monoisotopic (exact) mass is 504 g/mol. The Morgan fingerprint density at radius 2 is 0.889 bits per heavy atom. The fourth-order valence-electron chi connectivity index (χ4n) is 2.79. The Morgan fingerprint density at radius 3 is 1.04 bits per heavy atom.